The number of rotatable bonds is 5. The van der Waals surface area contributed by atoms with E-state index >= 15 is 0 Å². The van der Waals surface area contributed by atoms with Crippen molar-refractivity contribution in [3.8, 4) is 11.4 Å². The van der Waals surface area contributed by atoms with E-state index in [-0.39, 0.29) is 12.5 Å². The first-order valence-electron chi connectivity index (χ1n) is 9.87. The Labute approximate surface area is 170 Å². The van der Waals surface area contributed by atoms with Crippen molar-refractivity contribution >= 4 is 5.91 Å². The van der Waals surface area contributed by atoms with E-state index in [0.29, 0.717) is 37.8 Å². The summed E-state index contributed by atoms with van der Waals surface area (Å²) in [6.07, 6.45) is 1.33. The third kappa shape index (κ3) is 3.93. The smallest absolute Gasteiger partial charge is 0.246 e. The Morgan fingerprint density at radius 3 is 2.59 bits per heavy atom. The molecule has 6 nitrogen and oxygen atoms in total. The van der Waals surface area contributed by atoms with Gasteiger partial charge in [-0.15, -0.1) is 0 Å². The molecule has 0 bridgehead atoms. The standard InChI is InChI=1S/C23H25N3O3/c1-17-7-6-8-18(15-17)21-24-20(29-25-21)16-26(2)22(27)23(11-13-28-14-12-23)19-9-4-3-5-10-19/h3-10,15H,11-14,16H2,1-2H3. The van der Waals surface area contributed by atoms with Gasteiger partial charge < -0.3 is 14.2 Å². The summed E-state index contributed by atoms with van der Waals surface area (Å²) >= 11 is 0. The largest absolute Gasteiger partial charge is 0.381 e. The number of amides is 1. The highest BCUT2D eigenvalue weighted by molar-refractivity contribution is 5.88. The van der Waals surface area contributed by atoms with Crippen LogP contribution in [0.25, 0.3) is 11.4 Å². The van der Waals surface area contributed by atoms with E-state index in [2.05, 4.69) is 10.1 Å². The van der Waals surface area contributed by atoms with Gasteiger partial charge in [-0.2, -0.15) is 4.98 Å². The zero-order valence-corrected chi connectivity index (χ0v) is 16.8. The molecule has 0 spiro atoms. The first kappa shape index (κ1) is 19.3. The first-order valence-corrected chi connectivity index (χ1v) is 9.87. The van der Waals surface area contributed by atoms with Crippen molar-refractivity contribution in [1.29, 1.82) is 0 Å². The summed E-state index contributed by atoms with van der Waals surface area (Å²) in [7, 11) is 1.79. The monoisotopic (exact) mass is 391 g/mol. The number of ether oxygens (including phenoxy) is 1. The molecule has 1 fully saturated rings. The Hall–Kier alpha value is -2.99. The third-order valence-electron chi connectivity index (χ3n) is 5.55. The van der Waals surface area contributed by atoms with Gasteiger partial charge in [0, 0.05) is 25.8 Å². The Balaban J connectivity index is 1.54. The Kier molecular flexibility index (Phi) is 5.45. The number of aryl methyl sites for hydroxylation is 1. The molecule has 3 aromatic rings. The van der Waals surface area contributed by atoms with E-state index in [1.807, 2.05) is 61.5 Å². The predicted molar refractivity (Wildman–Crippen MR) is 109 cm³/mol. The van der Waals surface area contributed by atoms with Crippen LogP contribution in [0.2, 0.25) is 0 Å². The zero-order valence-electron chi connectivity index (χ0n) is 16.8. The van der Waals surface area contributed by atoms with Crippen LogP contribution in [-0.2, 0) is 21.5 Å². The Morgan fingerprint density at radius 2 is 1.86 bits per heavy atom. The van der Waals surface area contributed by atoms with Crippen LogP contribution in [0.5, 0.6) is 0 Å². The summed E-state index contributed by atoms with van der Waals surface area (Å²) in [5.74, 6) is 1.02. The molecule has 0 atom stereocenters. The fraction of sp³-hybridized carbons (Fsp3) is 0.348. The summed E-state index contributed by atoms with van der Waals surface area (Å²) < 4.78 is 11.0. The quantitative estimate of drug-likeness (QED) is 0.663. The molecule has 2 heterocycles. The fourth-order valence-electron chi connectivity index (χ4n) is 3.96. The molecule has 0 unspecified atom stereocenters. The van der Waals surface area contributed by atoms with Crippen molar-refractivity contribution in [1.82, 2.24) is 15.0 Å². The topological polar surface area (TPSA) is 68.5 Å². The minimum atomic E-state index is -0.576. The average Bonchev–Trinajstić information content (AvgIpc) is 3.23. The number of carbonyl (C=O) groups excluding carboxylic acids is 1. The lowest BCUT2D eigenvalue weighted by atomic mass is 9.73. The summed E-state index contributed by atoms with van der Waals surface area (Å²) in [6, 6.07) is 17.9. The van der Waals surface area contributed by atoms with Crippen molar-refractivity contribution in [2.24, 2.45) is 0 Å². The van der Waals surface area contributed by atoms with Crippen LogP contribution in [0.4, 0.5) is 0 Å². The van der Waals surface area contributed by atoms with Gasteiger partial charge in [-0.3, -0.25) is 4.79 Å². The molecule has 1 saturated heterocycles. The van der Waals surface area contributed by atoms with E-state index in [9.17, 15) is 4.79 Å². The van der Waals surface area contributed by atoms with Crippen molar-refractivity contribution in [2.45, 2.75) is 31.7 Å². The van der Waals surface area contributed by atoms with E-state index in [1.54, 1.807) is 11.9 Å². The van der Waals surface area contributed by atoms with Crippen molar-refractivity contribution < 1.29 is 14.1 Å². The maximum absolute atomic E-state index is 13.5. The summed E-state index contributed by atoms with van der Waals surface area (Å²) in [4.78, 5) is 19.7. The van der Waals surface area contributed by atoms with E-state index in [1.165, 1.54) is 0 Å². The molecule has 29 heavy (non-hydrogen) atoms. The lowest BCUT2D eigenvalue weighted by molar-refractivity contribution is -0.140. The van der Waals surface area contributed by atoms with Crippen LogP contribution in [-0.4, -0.2) is 41.2 Å². The molecule has 1 aromatic heterocycles. The highest BCUT2D eigenvalue weighted by Gasteiger charge is 2.43. The molecular formula is C23H25N3O3. The van der Waals surface area contributed by atoms with E-state index in [0.717, 1.165) is 16.7 Å². The van der Waals surface area contributed by atoms with Gasteiger partial charge in [0.1, 0.15) is 0 Å². The number of nitrogens with zero attached hydrogens (tertiary/aromatic N) is 3. The molecular weight excluding hydrogens is 366 g/mol. The second kappa shape index (κ2) is 8.17. The lowest BCUT2D eigenvalue weighted by Gasteiger charge is -2.38. The summed E-state index contributed by atoms with van der Waals surface area (Å²) in [5.41, 5.74) is 2.49. The first-order chi connectivity index (χ1) is 14.1. The Bertz CT molecular complexity index is 978. The molecule has 1 aliphatic heterocycles. The van der Waals surface area contributed by atoms with Crippen molar-refractivity contribution in [2.75, 3.05) is 20.3 Å². The number of carbonyl (C=O) groups is 1. The predicted octanol–water partition coefficient (Wildman–Crippen LogP) is 3.75. The van der Waals surface area contributed by atoms with Crippen LogP contribution >= 0.6 is 0 Å². The number of hydrogen-bond donors (Lipinski definition) is 0. The average molecular weight is 391 g/mol. The van der Waals surface area contributed by atoms with Crippen LogP contribution in [0, 0.1) is 6.92 Å². The summed E-state index contributed by atoms with van der Waals surface area (Å²) in [6.45, 7) is 3.44. The normalized spacial score (nSPS) is 15.8. The molecule has 1 aliphatic rings. The second-order valence-corrected chi connectivity index (χ2v) is 7.60. The lowest BCUT2D eigenvalue weighted by Crippen LogP contribution is -2.48. The molecule has 4 rings (SSSR count). The highest BCUT2D eigenvalue weighted by Crippen LogP contribution is 2.36. The van der Waals surface area contributed by atoms with Crippen LogP contribution in [0.15, 0.2) is 59.1 Å². The van der Waals surface area contributed by atoms with Gasteiger partial charge in [-0.1, -0.05) is 59.3 Å². The van der Waals surface area contributed by atoms with Gasteiger partial charge in [-0.05, 0) is 31.4 Å². The van der Waals surface area contributed by atoms with Gasteiger partial charge >= 0.3 is 0 Å². The molecule has 0 aliphatic carbocycles. The maximum Gasteiger partial charge on any atom is 0.246 e. The fourth-order valence-corrected chi connectivity index (χ4v) is 3.96. The van der Waals surface area contributed by atoms with Gasteiger partial charge in [0.25, 0.3) is 0 Å². The molecule has 150 valence electrons. The van der Waals surface area contributed by atoms with E-state index < -0.39 is 5.41 Å². The van der Waals surface area contributed by atoms with Crippen molar-refractivity contribution in [3.05, 3.63) is 71.6 Å². The number of aromatic nitrogens is 2. The molecule has 6 heteroatoms. The number of likely N-dealkylation sites (N-methyl/N-ethyl adjacent to an activating group) is 1. The van der Waals surface area contributed by atoms with E-state index in [4.69, 9.17) is 9.26 Å². The molecule has 1 amide bonds. The van der Waals surface area contributed by atoms with Crippen LogP contribution in [0.3, 0.4) is 0 Å². The number of hydrogen-bond acceptors (Lipinski definition) is 5. The minimum absolute atomic E-state index is 0.0577. The van der Waals surface area contributed by atoms with Gasteiger partial charge in [-0.25, -0.2) is 0 Å². The molecule has 2 aromatic carbocycles. The maximum atomic E-state index is 13.5. The van der Waals surface area contributed by atoms with Crippen molar-refractivity contribution in [3.63, 3.8) is 0 Å². The zero-order chi connectivity index (χ0) is 20.3. The SMILES string of the molecule is Cc1cccc(-c2noc(CN(C)C(=O)C3(c4ccccc4)CCOCC3)n2)c1. The van der Waals surface area contributed by atoms with Gasteiger partial charge in [0.05, 0.1) is 12.0 Å². The number of benzene rings is 2. The Morgan fingerprint density at radius 1 is 1.10 bits per heavy atom. The molecule has 0 radical (unpaired) electrons. The van der Waals surface area contributed by atoms with Gasteiger partial charge in [0.2, 0.25) is 17.6 Å². The molecule has 0 N–H and O–H groups in total. The minimum Gasteiger partial charge on any atom is -0.381 e. The highest BCUT2D eigenvalue weighted by atomic mass is 16.5. The third-order valence-corrected chi connectivity index (χ3v) is 5.55. The summed E-state index contributed by atoms with van der Waals surface area (Å²) in [5, 5.41) is 4.08. The second-order valence-electron chi connectivity index (χ2n) is 7.60. The van der Waals surface area contributed by atoms with Crippen LogP contribution < -0.4 is 0 Å². The van der Waals surface area contributed by atoms with Crippen LogP contribution in [0.1, 0.15) is 29.9 Å². The van der Waals surface area contributed by atoms with Gasteiger partial charge in [0.15, 0.2) is 0 Å². The molecule has 0 saturated carbocycles.